The normalized spacial score (nSPS) is 17.2. The van der Waals surface area contributed by atoms with Gasteiger partial charge in [-0.25, -0.2) is 8.42 Å². The van der Waals surface area contributed by atoms with Gasteiger partial charge in [0, 0.05) is 31.1 Å². The number of para-hydroxylation sites is 1. The summed E-state index contributed by atoms with van der Waals surface area (Å²) in [5.74, 6) is -0.187. The number of likely N-dealkylation sites (N-methyl/N-ethyl adjacent to an activating group) is 1. The highest BCUT2D eigenvalue weighted by Gasteiger charge is 2.23. The first-order valence-corrected chi connectivity index (χ1v) is 9.64. The van der Waals surface area contributed by atoms with Crippen LogP contribution < -0.4 is 10.2 Å². The van der Waals surface area contributed by atoms with Crippen LogP contribution in [0.15, 0.2) is 53.4 Å². The molecule has 0 aliphatic carbocycles. The van der Waals surface area contributed by atoms with Crippen LogP contribution in [0.2, 0.25) is 0 Å². The van der Waals surface area contributed by atoms with Crippen LogP contribution >= 0.6 is 0 Å². The fourth-order valence-electron chi connectivity index (χ4n) is 3.03. The minimum absolute atomic E-state index is 0.0204. The maximum Gasteiger partial charge on any atom is 0.251 e. The molecule has 1 amide bonds. The van der Waals surface area contributed by atoms with Crippen molar-refractivity contribution in [1.82, 2.24) is 5.32 Å². The molecule has 1 atom stereocenters. The number of hydrogen-bond donors (Lipinski definition) is 1. The fourth-order valence-corrected chi connectivity index (χ4v) is 3.66. The smallest absolute Gasteiger partial charge is 0.251 e. The Hall–Kier alpha value is -2.34. The summed E-state index contributed by atoms with van der Waals surface area (Å²) in [5, 5.41) is 3.03. The Labute approximate surface area is 142 Å². The molecular formula is C18H20N2O3S. The topological polar surface area (TPSA) is 66.5 Å². The van der Waals surface area contributed by atoms with Gasteiger partial charge in [0.05, 0.1) is 10.9 Å². The van der Waals surface area contributed by atoms with Crippen LogP contribution in [0.25, 0.3) is 0 Å². The molecule has 2 aromatic carbocycles. The van der Waals surface area contributed by atoms with E-state index in [1.165, 1.54) is 23.4 Å². The van der Waals surface area contributed by atoms with Crippen molar-refractivity contribution in [1.29, 1.82) is 0 Å². The number of hydrogen-bond acceptors (Lipinski definition) is 4. The molecule has 0 fully saturated rings. The van der Waals surface area contributed by atoms with Crippen molar-refractivity contribution in [2.24, 2.45) is 0 Å². The summed E-state index contributed by atoms with van der Waals surface area (Å²) in [5.41, 5.74) is 2.87. The van der Waals surface area contributed by atoms with E-state index >= 15 is 0 Å². The Morgan fingerprint density at radius 1 is 1.12 bits per heavy atom. The number of sulfone groups is 1. The molecule has 1 aliphatic rings. The van der Waals surface area contributed by atoms with Gasteiger partial charge < -0.3 is 10.2 Å². The number of anilines is 1. The summed E-state index contributed by atoms with van der Waals surface area (Å²) in [6.45, 7) is 0.740. The molecule has 126 valence electrons. The second-order valence-corrected chi connectivity index (χ2v) is 8.20. The van der Waals surface area contributed by atoms with Crippen molar-refractivity contribution in [2.45, 2.75) is 17.4 Å². The van der Waals surface area contributed by atoms with Gasteiger partial charge in [-0.05, 0) is 42.3 Å². The molecule has 24 heavy (non-hydrogen) atoms. The SMILES string of the molecule is CN1CC(NC(=O)c2ccc(S(C)(=O)=O)cc2)Cc2ccccc21. The maximum absolute atomic E-state index is 12.4. The number of nitrogens with one attached hydrogen (secondary N) is 1. The van der Waals surface area contributed by atoms with Crippen molar-refractivity contribution in [3.05, 3.63) is 59.7 Å². The first-order valence-electron chi connectivity index (χ1n) is 7.74. The summed E-state index contributed by atoms with van der Waals surface area (Å²) < 4.78 is 23.0. The van der Waals surface area contributed by atoms with Crippen LogP contribution in [0.4, 0.5) is 5.69 Å². The van der Waals surface area contributed by atoms with Crippen molar-refractivity contribution in [3.63, 3.8) is 0 Å². The Balaban J connectivity index is 1.72. The highest BCUT2D eigenvalue weighted by Crippen LogP contribution is 2.25. The lowest BCUT2D eigenvalue weighted by Gasteiger charge is -2.33. The molecule has 1 heterocycles. The van der Waals surface area contributed by atoms with Gasteiger partial charge in [0.25, 0.3) is 5.91 Å². The number of rotatable bonds is 3. The fraction of sp³-hybridized carbons (Fsp3) is 0.278. The summed E-state index contributed by atoms with van der Waals surface area (Å²) in [4.78, 5) is 14.8. The number of benzene rings is 2. The molecule has 0 spiro atoms. The van der Waals surface area contributed by atoms with Crippen LogP contribution in [0.3, 0.4) is 0 Å². The summed E-state index contributed by atoms with van der Waals surface area (Å²) in [7, 11) is -1.24. The highest BCUT2D eigenvalue weighted by molar-refractivity contribution is 7.90. The van der Waals surface area contributed by atoms with Crippen LogP contribution in [0, 0.1) is 0 Å². The van der Waals surface area contributed by atoms with E-state index < -0.39 is 9.84 Å². The zero-order chi connectivity index (χ0) is 17.3. The van der Waals surface area contributed by atoms with E-state index in [-0.39, 0.29) is 16.8 Å². The second kappa shape index (κ2) is 6.28. The first-order chi connectivity index (χ1) is 11.3. The van der Waals surface area contributed by atoms with Crippen LogP contribution in [0.1, 0.15) is 15.9 Å². The number of amides is 1. The minimum atomic E-state index is -3.25. The monoisotopic (exact) mass is 344 g/mol. The molecule has 5 nitrogen and oxygen atoms in total. The third-order valence-electron chi connectivity index (χ3n) is 4.24. The lowest BCUT2D eigenvalue weighted by Crippen LogP contribution is -2.47. The van der Waals surface area contributed by atoms with Crippen LogP contribution in [0.5, 0.6) is 0 Å². The molecule has 0 aromatic heterocycles. The summed E-state index contributed by atoms with van der Waals surface area (Å²) >= 11 is 0. The molecule has 3 rings (SSSR count). The lowest BCUT2D eigenvalue weighted by atomic mass is 9.98. The Morgan fingerprint density at radius 3 is 2.46 bits per heavy atom. The molecular weight excluding hydrogens is 324 g/mol. The zero-order valence-corrected chi connectivity index (χ0v) is 14.5. The van der Waals surface area contributed by atoms with E-state index in [1.54, 1.807) is 12.1 Å². The average Bonchev–Trinajstić information content (AvgIpc) is 2.54. The predicted molar refractivity (Wildman–Crippen MR) is 94.2 cm³/mol. The second-order valence-electron chi connectivity index (χ2n) is 6.18. The molecule has 1 N–H and O–H groups in total. The van der Waals surface area contributed by atoms with Crippen LogP contribution in [-0.4, -0.2) is 40.2 Å². The van der Waals surface area contributed by atoms with Crippen molar-refractivity contribution in [3.8, 4) is 0 Å². The number of carbonyl (C=O) groups excluding carboxylic acids is 1. The van der Waals surface area contributed by atoms with E-state index in [4.69, 9.17) is 0 Å². The highest BCUT2D eigenvalue weighted by atomic mass is 32.2. The van der Waals surface area contributed by atoms with Gasteiger partial charge in [-0.3, -0.25) is 4.79 Å². The van der Waals surface area contributed by atoms with E-state index in [2.05, 4.69) is 22.3 Å². The molecule has 0 radical (unpaired) electrons. The van der Waals surface area contributed by atoms with Crippen molar-refractivity contribution < 1.29 is 13.2 Å². The molecule has 1 unspecified atom stereocenters. The van der Waals surface area contributed by atoms with E-state index in [9.17, 15) is 13.2 Å². The molecule has 0 saturated carbocycles. The van der Waals surface area contributed by atoms with Gasteiger partial charge in [-0.1, -0.05) is 18.2 Å². The maximum atomic E-state index is 12.4. The molecule has 6 heteroatoms. The first kappa shape index (κ1) is 16.5. The standard InChI is InChI=1S/C18H20N2O3S/c1-20-12-15(11-14-5-3-4-6-17(14)20)19-18(21)13-7-9-16(10-8-13)24(2,22)23/h3-10,15H,11-12H2,1-2H3,(H,19,21). The van der Waals surface area contributed by atoms with Crippen molar-refractivity contribution >= 4 is 21.4 Å². The number of carbonyl (C=O) groups is 1. The van der Waals surface area contributed by atoms with Crippen molar-refractivity contribution in [2.75, 3.05) is 24.7 Å². The summed E-state index contributed by atoms with van der Waals surface area (Å²) in [6.07, 6.45) is 1.94. The van der Waals surface area contributed by atoms with Crippen LogP contribution in [-0.2, 0) is 16.3 Å². The Bertz CT molecular complexity index is 860. The molecule has 1 aliphatic heterocycles. The molecule has 2 aromatic rings. The van der Waals surface area contributed by atoms with E-state index in [0.717, 1.165) is 19.2 Å². The lowest BCUT2D eigenvalue weighted by molar-refractivity contribution is 0.0937. The molecule has 0 bridgehead atoms. The average molecular weight is 344 g/mol. The van der Waals surface area contributed by atoms with Gasteiger partial charge in [0.2, 0.25) is 0 Å². The quantitative estimate of drug-likeness (QED) is 0.923. The molecule has 0 saturated heterocycles. The minimum Gasteiger partial charge on any atom is -0.372 e. The predicted octanol–water partition coefficient (Wildman–Crippen LogP) is 1.88. The van der Waals surface area contributed by atoms with E-state index in [1.807, 2.05) is 19.2 Å². The van der Waals surface area contributed by atoms with Gasteiger partial charge in [-0.15, -0.1) is 0 Å². The largest absolute Gasteiger partial charge is 0.372 e. The number of fused-ring (bicyclic) bond motifs is 1. The number of nitrogens with zero attached hydrogens (tertiary/aromatic N) is 1. The zero-order valence-electron chi connectivity index (χ0n) is 13.7. The Morgan fingerprint density at radius 2 is 1.79 bits per heavy atom. The third-order valence-corrected chi connectivity index (χ3v) is 5.37. The van der Waals surface area contributed by atoms with Gasteiger partial charge in [-0.2, -0.15) is 0 Å². The Kier molecular flexibility index (Phi) is 4.32. The van der Waals surface area contributed by atoms with E-state index in [0.29, 0.717) is 5.56 Å². The third kappa shape index (κ3) is 3.43. The summed E-state index contributed by atoms with van der Waals surface area (Å²) in [6, 6.07) is 14.2. The van der Waals surface area contributed by atoms with Gasteiger partial charge in [0.15, 0.2) is 9.84 Å². The van der Waals surface area contributed by atoms with Gasteiger partial charge in [0.1, 0.15) is 0 Å². The van der Waals surface area contributed by atoms with Gasteiger partial charge >= 0.3 is 0 Å².